The number of carbonyl (C=O) groups is 1. The second-order valence-electron chi connectivity index (χ2n) is 7.05. The molecule has 1 unspecified atom stereocenters. The zero-order valence-electron chi connectivity index (χ0n) is 15.3. The number of amides is 1. The van der Waals surface area contributed by atoms with Crippen LogP contribution in [0.4, 0.5) is 5.69 Å². The van der Waals surface area contributed by atoms with Gasteiger partial charge in [-0.1, -0.05) is 35.9 Å². The predicted octanol–water partition coefficient (Wildman–Crippen LogP) is 4.06. The molecule has 0 radical (unpaired) electrons. The van der Waals surface area contributed by atoms with Gasteiger partial charge in [0.1, 0.15) is 13.2 Å². The van der Waals surface area contributed by atoms with Crippen LogP contribution in [-0.4, -0.2) is 37.6 Å². The average Bonchev–Trinajstić information content (AvgIpc) is 2.68. The molecular weight excluding hydrogens is 364 g/mol. The summed E-state index contributed by atoms with van der Waals surface area (Å²) in [6, 6.07) is 12.2. The maximum Gasteiger partial charge on any atom is 0.238 e. The Balaban J connectivity index is 1.44. The van der Waals surface area contributed by atoms with Gasteiger partial charge in [0, 0.05) is 18.2 Å². The standard InChI is InChI=1S/C21H23ClN2O3/c1-24(18-8-4-6-14-5-2-3-7-15(14)18)13-21(25)23-17-12-20-19(11-16(17)22)26-9-10-27-20/h2-3,5,7,11-12,18H,4,6,8-10,13H2,1H3,(H,23,25). The van der Waals surface area contributed by atoms with Crippen LogP contribution in [0.1, 0.15) is 30.0 Å². The molecule has 0 bridgehead atoms. The number of ether oxygens (including phenoxy) is 2. The summed E-state index contributed by atoms with van der Waals surface area (Å²) in [5.74, 6) is 1.12. The molecule has 2 aliphatic rings. The van der Waals surface area contributed by atoms with Gasteiger partial charge >= 0.3 is 0 Å². The smallest absolute Gasteiger partial charge is 0.238 e. The van der Waals surface area contributed by atoms with Gasteiger partial charge in [-0.2, -0.15) is 0 Å². The number of benzene rings is 2. The molecule has 142 valence electrons. The van der Waals surface area contributed by atoms with E-state index in [2.05, 4.69) is 34.5 Å². The molecule has 1 amide bonds. The molecule has 1 aliphatic carbocycles. The molecule has 0 saturated carbocycles. The van der Waals surface area contributed by atoms with Crippen LogP contribution in [0.3, 0.4) is 0 Å². The Morgan fingerprint density at radius 2 is 1.96 bits per heavy atom. The molecule has 0 aromatic heterocycles. The zero-order chi connectivity index (χ0) is 18.8. The van der Waals surface area contributed by atoms with E-state index < -0.39 is 0 Å². The lowest BCUT2D eigenvalue weighted by atomic mass is 9.87. The first kappa shape index (κ1) is 18.1. The van der Waals surface area contributed by atoms with Gasteiger partial charge in [0.2, 0.25) is 5.91 Å². The van der Waals surface area contributed by atoms with Crippen LogP contribution < -0.4 is 14.8 Å². The number of hydrogen-bond donors (Lipinski definition) is 1. The predicted molar refractivity (Wildman–Crippen MR) is 106 cm³/mol. The molecular formula is C21H23ClN2O3. The molecule has 5 nitrogen and oxygen atoms in total. The molecule has 1 atom stereocenters. The average molecular weight is 387 g/mol. The van der Waals surface area contributed by atoms with Crippen LogP contribution >= 0.6 is 11.6 Å². The summed E-state index contributed by atoms with van der Waals surface area (Å²) in [6.07, 6.45) is 3.31. The SMILES string of the molecule is CN(CC(=O)Nc1cc2c(cc1Cl)OCCO2)C1CCCc2ccccc21. The van der Waals surface area contributed by atoms with E-state index in [1.165, 1.54) is 11.1 Å². The van der Waals surface area contributed by atoms with E-state index in [9.17, 15) is 4.79 Å². The lowest BCUT2D eigenvalue weighted by Crippen LogP contribution is -2.35. The minimum Gasteiger partial charge on any atom is -0.486 e. The van der Waals surface area contributed by atoms with Crippen molar-refractivity contribution in [2.24, 2.45) is 0 Å². The van der Waals surface area contributed by atoms with Crippen molar-refractivity contribution in [2.45, 2.75) is 25.3 Å². The van der Waals surface area contributed by atoms with Gasteiger partial charge in [0.15, 0.2) is 11.5 Å². The number of rotatable bonds is 4. The Hall–Kier alpha value is -2.24. The van der Waals surface area contributed by atoms with Crippen molar-refractivity contribution in [3.8, 4) is 11.5 Å². The number of likely N-dealkylation sites (N-methyl/N-ethyl adjacent to an activating group) is 1. The van der Waals surface area contributed by atoms with Crippen LogP contribution in [0.25, 0.3) is 0 Å². The van der Waals surface area contributed by atoms with E-state index >= 15 is 0 Å². The molecule has 2 aromatic carbocycles. The number of halogens is 1. The fourth-order valence-electron chi connectivity index (χ4n) is 3.87. The molecule has 0 fully saturated rings. The maximum absolute atomic E-state index is 12.6. The molecule has 2 aromatic rings. The maximum atomic E-state index is 12.6. The first-order chi connectivity index (χ1) is 13.1. The summed E-state index contributed by atoms with van der Waals surface area (Å²) in [6.45, 7) is 1.29. The largest absolute Gasteiger partial charge is 0.486 e. The first-order valence-corrected chi connectivity index (χ1v) is 9.66. The van der Waals surface area contributed by atoms with Crippen molar-refractivity contribution in [2.75, 3.05) is 32.1 Å². The van der Waals surface area contributed by atoms with Gasteiger partial charge in [0.25, 0.3) is 0 Å². The van der Waals surface area contributed by atoms with Crippen molar-refractivity contribution in [1.29, 1.82) is 0 Å². The van der Waals surface area contributed by atoms with E-state index in [1.807, 2.05) is 7.05 Å². The van der Waals surface area contributed by atoms with Crippen molar-refractivity contribution in [1.82, 2.24) is 4.90 Å². The topological polar surface area (TPSA) is 50.8 Å². The third kappa shape index (κ3) is 3.89. The number of hydrogen-bond acceptors (Lipinski definition) is 4. The molecule has 27 heavy (non-hydrogen) atoms. The molecule has 1 heterocycles. The van der Waals surface area contributed by atoms with Crippen LogP contribution in [0.2, 0.25) is 5.02 Å². The number of carbonyl (C=O) groups excluding carboxylic acids is 1. The van der Waals surface area contributed by atoms with Crippen LogP contribution in [-0.2, 0) is 11.2 Å². The highest BCUT2D eigenvalue weighted by Crippen LogP contribution is 2.38. The third-order valence-electron chi connectivity index (χ3n) is 5.17. The van der Waals surface area contributed by atoms with E-state index in [1.54, 1.807) is 12.1 Å². The number of nitrogens with one attached hydrogen (secondary N) is 1. The molecule has 1 N–H and O–H groups in total. The summed E-state index contributed by atoms with van der Waals surface area (Å²) in [7, 11) is 2.00. The van der Waals surface area contributed by atoms with Gasteiger partial charge in [-0.25, -0.2) is 0 Å². The summed E-state index contributed by atoms with van der Waals surface area (Å²) >= 11 is 6.29. The minimum atomic E-state index is -0.0980. The normalized spacial score (nSPS) is 18.1. The second kappa shape index (κ2) is 7.79. The fourth-order valence-corrected chi connectivity index (χ4v) is 4.07. The Kier molecular flexibility index (Phi) is 5.23. The van der Waals surface area contributed by atoms with Crippen LogP contribution in [0, 0.1) is 0 Å². The summed E-state index contributed by atoms with van der Waals surface area (Å²) in [4.78, 5) is 14.7. The third-order valence-corrected chi connectivity index (χ3v) is 5.48. The molecule has 6 heteroatoms. The zero-order valence-corrected chi connectivity index (χ0v) is 16.1. The number of fused-ring (bicyclic) bond motifs is 2. The lowest BCUT2D eigenvalue weighted by Gasteiger charge is -2.33. The Morgan fingerprint density at radius 3 is 2.78 bits per heavy atom. The highest BCUT2D eigenvalue weighted by Gasteiger charge is 2.25. The van der Waals surface area contributed by atoms with Crippen LogP contribution in [0.15, 0.2) is 36.4 Å². The molecule has 0 saturated heterocycles. The fraction of sp³-hybridized carbons (Fsp3) is 0.381. The van der Waals surface area contributed by atoms with Gasteiger partial charge in [-0.15, -0.1) is 0 Å². The Bertz CT molecular complexity index is 855. The molecule has 4 rings (SSSR count). The number of aryl methyl sites for hydroxylation is 1. The lowest BCUT2D eigenvalue weighted by molar-refractivity contribution is -0.117. The Morgan fingerprint density at radius 1 is 1.22 bits per heavy atom. The van der Waals surface area contributed by atoms with E-state index in [4.69, 9.17) is 21.1 Å². The highest BCUT2D eigenvalue weighted by atomic mass is 35.5. The van der Waals surface area contributed by atoms with Gasteiger partial charge in [-0.3, -0.25) is 9.69 Å². The van der Waals surface area contributed by atoms with Crippen molar-refractivity contribution in [3.05, 3.63) is 52.5 Å². The highest BCUT2D eigenvalue weighted by molar-refractivity contribution is 6.34. The van der Waals surface area contributed by atoms with Gasteiger partial charge < -0.3 is 14.8 Å². The summed E-state index contributed by atoms with van der Waals surface area (Å²) in [5.41, 5.74) is 3.26. The monoisotopic (exact) mass is 386 g/mol. The number of nitrogens with zero attached hydrogens (tertiary/aromatic N) is 1. The minimum absolute atomic E-state index is 0.0980. The van der Waals surface area contributed by atoms with E-state index in [-0.39, 0.29) is 11.9 Å². The quantitative estimate of drug-likeness (QED) is 0.860. The Labute approximate surface area is 164 Å². The van der Waals surface area contributed by atoms with E-state index in [0.717, 1.165) is 19.3 Å². The number of anilines is 1. The van der Waals surface area contributed by atoms with Crippen molar-refractivity contribution in [3.63, 3.8) is 0 Å². The molecule has 0 spiro atoms. The summed E-state index contributed by atoms with van der Waals surface area (Å²) < 4.78 is 11.1. The summed E-state index contributed by atoms with van der Waals surface area (Å²) in [5, 5.41) is 3.35. The van der Waals surface area contributed by atoms with Crippen molar-refractivity contribution >= 4 is 23.2 Å². The first-order valence-electron chi connectivity index (χ1n) is 9.29. The second-order valence-corrected chi connectivity index (χ2v) is 7.45. The van der Waals surface area contributed by atoms with Gasteiger partial charge in [-0.05, 0) is 37.4 Å². The van der Waals surface area contributed by atoms with E-state index in [0.29, 0.717) is 42.0 Å². The van der Waals surface area contributed by atoms with Gasteiger partial charge in [0.05, 0.1) is 17.3 Å². The van der Waals surface area contributed by atoms with Crippen molar-refractivity contribution < 1.29 is 14.3 Å². The molecule has 1 aliphatic heterocycles. The van der Waals surface area contributed by atoms with Crippen LogP contribution in [0.5, 0.6) is 11.5 Å².